The van der Waals surface area contributed by atoms with Gasteiger partial charge < -0.3 is 4.57 Å². The smallest absolute Gasteiger partial charge is 0.306 e. The number of hydrogen-bond donors (Lipinski definition) is 2. The average molecular weight is 173 g/mol. The first-order valence-corrected chi connectivity index (χ1v) is 4.22. The van der Waals surface area contributed by atoms with Gasteiger partial charge in [-0.25, -0.2) is 0 Å². The molecule has 0 saturated carbocycles. The van der Waals surface area contributed by atoms with Crippen LogP contribution in [0.15, 0.2) is 11.0 Å². The van der Waals surface area contributed by atoms with Gasteiger partial charge in [0.05, 0.1) is 0 Å². The molecule has 0 radical (unpaired) electrons. The Morgan fingerprint density at radius 3 is 3.00 bits per heavy atom. The highest BCUT2D eigenvalue weighted by molar-refractivity contribution is 7.09. The number of nitrogens with one attached hydrogen (secondary N) is 1. The van der Waals surface area contributed by atoms with E-state index in [1.165, 1.54) is 11.3 Å². The zero-order valence-electron chi connectivity index (χ0n) is 6.33. The van der Waals surface area contributed by atoms with E-state index in [1.54, 1.807) is 4.57 Å². The van der Waals surface area contributed by atoms with E-state index in [4.69, 9.17) is 5.84 Å². The molecule has 1 aromatic rings. The summed E-state index contributed by atoms with van der Waals surface area (Å²) in [5.41, 5.74) is 2.51. The fourth-order valence-corrected chi connectivity index (χ4v) is 1.69. The second-order valence-corrected chi connectivity index (χ2v) is 3.21. The van der Waals surface area contributed by atoms with Crippen LogP contribution >= 0.6 is 11.3 Å². The highest BCUT2D eigenvalue weighted by atomic mass is 32.1. The van der Waals surface area contributed by atoms with Crippen molar-refractivity contribution in [3.8, 4) is 0 Å². The summed E-state index contributed by atoms with van der Waals surface area (Å²) in [6, 6.07) is 0. The Morgan fingerprint density at radius 2 is 2.55 bits per heavy atom. The van der Waals surface area contributed by atoms with Gasteiger partial charge in [-0.3, -0.25) is 16.1 Å². The molecule has 1 rings (SSSR count). The highest BCUT2D eigenvalue weighted by Gasteiger charge is 1.99. The minimum Gasteiger partial charge on any atom is -0.306 e. The van der Waals surface area contributed by atoms with E-state index in [9.17, 15) is 4.79 Å². The van der Waals surface area contributed by atoms with E-state index >= 15 is 0 Å². The Hall–Kier alpha value is -0.650. The van der Waals surface area contributed by atoms with Crippen molar-refractivity contribution in [2.24, 2.45) is 5.84 Å². The number of rotatable bonds is 3. The molecule has 0 amide bonds. The summed E-state index contributed by atoms with van der Waals surface area (Å²) in [5.74, 6) is 5.11. The van der Waals surface area contributed by atoms with E-state index in [0.29, 0.717) is 6.54 Å². The van der Waals surface area contributed by atoms with Crippen LogP contribution < -0.4 is 16.1 Å². The lowest BCUT2D eigenvalue weighted by Crippen LogP contribution is -2.20. The Kier molecular flexibility index (Phi) is 2.81. The first kappa shape index (κ1) is 8.45. The minimum absolute atomic E-state index is 0.0813. The SMILES string of the molecule is CCn1cc(CNN)sc1=O. The van der Waals surface area contributed by atoms with Crippen LogP contribution in [-0.2, 0) is 13.1 Å². The van der Waals surface area contributed by atoms with Gasteiger partial charge in [0.15, 0.2) is 0 Å². The van der Waals surface area contributed by atoms with Gasteiger partial charge >= 0.3 is 4.87 Å². The minimum atomic E-state index is 0.0813. The topological polar surface area (TPSA) is 60.1 Å². The molecule has 0 atom stereocenters. The summed E-state index contributed by atoms with van der Waals surface area (Å²) in [4.78, 5) is 12.1. The maximum atomic E-state index is 11.1. The maximum absolute atomic E-state index is 11.1. The third-order valence-electron chi connectivity index (χ3n) is 1.37. The number of hydrazine groups is 1. The summed E-state index contributed by atoms with van der Waals surface area (Å²) in [6.07, 6.45) is 1.83. The van der Waals surface area contributed by atoms with Gasteiger partial charge in [0, 0.05) is 24.2 Å². The second-order valence-electron chi connectivity index (χ2n) is 2.13. The lowest BCUT2D eigenvalue weighted by atomic mass is 10.5. The molecule has 0 aliphatic carbocycles. The molecule has 0 aliphatic heterocycles. The van der Waals surface area contributed by atoms with Crippen molar-refractivity contribution in [2.45, 2.75) is 20.0 Å². The molecule has 11 heavy (non-hydrogen) atoms. The quantitative estimate of drug-likeness (QED) is 0.495. The molecule has 3 N–H and O–H groups in total. The van der Waals surface area contributed by atoms with Crippen LogP contribution in [0, 0.1) is 0 Å². The summed E-state index contributed by atoms with van der Waals surface area (Å²) in [6.45, 7) is 3.22. The lowest BCUT2D eigenvalue weighted by molar-refractivity contribution is 0.720. The number of nitrogens with zero attached hydrogens (tertiary/aromatic N) is 1. The molecule has 4 nitrogen and oxygen atoms in total. The Bertz CT molecular complexity index is 278. The Balaban J connectivity index is 2.86. The fourth-order valence-electron chi connectivity index (χ4n) is 0.826. The number of thiazole rings is 1. The highest BCUT2D eigenvalue weighted by Crippen LogP contribution is 2.01. The predicted molar refractivity (Wildman–Crippen MR) is 45.3 cm³/mol. The predicted octanol–water partition coefficient (Wildman–Crippen LogP) is -0.107. The third-order valence-corrected chi connectivity index (χ3v) is 2.29. The van der Waals surface area contributed by atoms with Crippen LogP contribution in [0.5, 0.6) is 0 Å². The van der Waals surface area contributed by atoms with Crippen LogP contribution in [0.1, 0.15) is 11.8 Å². The first-order valence-electron chi connectivity index (χ1n) is 3.40. The van der Waals surface area contributed by atoms with Gasteiger partial charge in [0.25, 0.3) is 0 Å². The molecule has 0 fully saturated rings. The van der Waals surface area contributed by atoms with Crippen molar-refractivity contribution in [1.29, 1.82) is 0 Å². The molecule has 5 heteroatoms. The average Bonchev–Trinajstić information content (AvgIpc) is 2.32. The van der Waals surface area contributed by atoms with Gasteiger partial charge in [0.2, 0.25) is 0 Å². The Morgan fingerprint density at radius 1 is 1.82 bits per heavy atom. The van der Waals surface area contributed by atoms with E-state index in [1.807, 2.05) is 13.1 Å². The van der Waals surface area contributed by atoms with Crippen molar-refractivity contribution in [3.05, 3.63) is 20.7 Å². The van der Waals surface area contributed by atoms with Crippen LogP contribution in [0.3, 0.4) is 0 Å². The molecule has 0 aliphatic rings. The van der Waals surface area contributed by atoms with Crippen LogP contribution in [0.4, 0.5) is 0 Å². The monoisotopic (exact) mass is 173 g/mol. The number of aromatic nitrogens is 1. The number of hydrogen-bond acceptors (Lipinski definition) is 4. The summed E-state index contributed by atoms with van der Waals surface area (Å²) in [7, 11) is 0. The van der Waals surface area contributed by atoms with E-state index in [-0.39, 0.29) is 4.87 Å². The third kappa shape index (κ3) is 1.89. The normalized spacial score (nSPS) is 10.4. The lowest BCUT2D eigenvalue weighted by Gasteiger charge is -1.92. The van der Waals surface area contributed by atoms with E-state index in [0.717, 1.165) is 11.4 Å². The zero-order chi connectivity index (χ0) is 8.27. The summed E-state index contributed by atoms with van der Waals surface area (Å²) >= 11 is 1.23. The van der Waals surface area contributed by atoms with Crippen molar-refractivity contribution in [2.75, 3.05) is 0 Å². The van der Waals surface area contributed by atoms with Crippen molar-refractivity contribution in [3.63, 3.8) is 0 Å². The van der Waals surface area contributed by atoms with Crippen molar-refractivity contribution in [1.82, 2.24) is 9.99 Å². The molecule has 0 unspecified atom stereocenters. The molecule has 1 heterocycles. The molecule has 0 bridgehead atoms. The zero-order valence-corrected chi connectivity index (χ0v) is 7.15. The summed E-state index contributed by atoms with van der Waals surface area (Å²) in [5, 5.41) is 0. The standard InChI is InChI=1S/C6H11N3OS/c1-2-9-4-5(3-8-7)11-6(9)10/h4,8H,2-3,7H2,1H3. The molecule has 0 aromatic carbocycles. The largest absolute Gasteiger partial charge is 0.307 e. The van der Waals surface area contributed by atoms with Crippen LogP contribution in [0.2, 0.25) is 0 Å². The van der Waals surface area contributed by atoms with Gasteiger partial charge in [-0.1, -0.05) is 11.3 Å². The van der Waals surface area contributed by atoms with Crippen LogP contribution in [0.25, 0.3) is 0 Å². The van der Waals surface area contributed by atoms with Crippen molar-refractivity contribution < 1.29 is 0 Å². The van der Waals surface area contributed by atoms with Gasteiger partial charge in [0.1, 0.15) is 0 Å². The van der Waals surface area contributed by atoms with Crippen LogP contribution in [-0.4, -0.2) is 4.57 Å². The summed E-state index contributed by atoms with van der Waals surface area (Å²) < 4.78 is 1.66. The fraction of sp³-hybridized carbons (Fsp3) is 0.500. The Labute approximate surface area is 68.6 Å². The van der Waals surface area contributed by atoms with Gasteiger partial charge in [-0.15, -0.1) is 0 Å². The molecular formula is C6H11N3OS. The number of aryl methyl sites for hydroxylation is 1. The first-order chi connectivity index (χ1) is 5.27. The molecule has 1 aromatic heterocycles. The second kappa shape index (κ2) is 3.66. The van der Waals surface area contributed by atoms with Crippen molar-refractivity contribution >= 4 is 11.3 Å². The molecule has 62 valence electrons. The van der Waals surface area contributed by atoms with Gasteiger partial charge in [-0.05, 0) is 6.92 Å². The maximum Gasteiger partial charge on any atom is 0.307 e. The molecule has 0 spiro atoms. The molecule has 0 saturated heterocycles. The van der Waals surface area contributed by atoms with Gasteiger partial charge in [-0.2, -0.15) is 0 Å². The molecular weight excluding hydrogens is 162 g/mol. The van der Waals surface area contributed by atoms with E-state index in [2.05, 4.69) is 5.43 Å². The van der Waals surface area contributed by atoms with E-state index < -0.39 is 0 Å². The number of nitrogens with two attached hydrogens (primary N) is 1.